The summed E-state index contributed by atoms with van der Waals surface area (Å²) in [5.74, 6) is 1.11. The molecule has 8 heteroatoms. The molecular weight excluding hydrogens is 476 g/mol. The van der Waals surface area contributed by atoms with Crippen LogP contribution in [0.15, 0.2) is 75.9 Å². The number of thiazole rings is 1. The molecule has 36 heavy (non-hydrogen) atoms. The number of amides is 1. The first-order valence-electron chi connectivity index (χ1n) is 11.7. The summed E-state index contributed by atoms with van der Waals surface area (Å²) in [4.78, 5) is 33.8. The predicted octanol–water partition coefficient (Wildman–Crippen LogP) is 5.95. The van der Waals surface area contributed by atoms with Gasteiger partial charge in [-0.1, -0.05) is 35.6 Å². The van der Waals surface area contributed by atoms with Gasteiger partial charge in [-0.15, -0.1) is 0 Å². The third-order valence-electron chi connectivity index (χ3n) is 6.15. The molecule has 6 rings (SSSR count). The van der Waals surface area contributed by atoms with E-state index < -0.39 is 11.9 Å². The van der Waals surface area contributed by atoms with Crippen molar-refractivity contribution in [3.8, 4) is 11.5 Å². The highest BCUT2D eigenvalue weighted by Crippen LogP contribution is 2.44. The highest BCUT2D eigenvalue weighted by Gasteiger charge is 2.45. The van der Waals surface area contributed by atoms with Crippen molar-refractivity contribution in [2.75, 3.05) is 18.1 Å². The minimum Gasteiger partial charge on any atom is -0.494 e. The molecule has 0 N–H and O–H groups in total. The van der Waals surface area contributed by atoms with Crippen molar-refractivity contribution in [3.05, 3.63) is 93.8 Å². The molecule has 1 aliphatic heterocycles. The Balaban J connectivity index is 1.55. The van der Waals surface area contributed by atoms with E-state index in [0.717, 1.165) is 21.5 Å². The number of anilines is 1. The van der Waals surface area contributed by atoms with Gasteiger partial charge in [0.25, 0.3) is 5.91 Å². The molecule has 1 aliphatic rings. The second-order valence-electron chi connectivity index (χ2n) is 8.31. The van der Waals surface area contributed by atoms with Gasteiger partial charge < -0.3 is 13.9 Å². The molecule has 0 bridgehead atoms. The number of hydrogen-bond donors (Lipinski definition) is 0. The van der Waals surface area contributed by atoms with Crippen LogP contribution in [0.3, 0.4) is 0 Å². The molecule has 7 nitrogen and oxygen atoms in total. The molecule has 0 saturated heterocycles. The Labute approximate surface area is 210 Å². The van der Waals surface area contributed by atoms with Gasteiger partial charge in [0, 0.05) is 0 Å². The molecule has 3 aromatic carbocycles. The van der Waals surface area contributed by atoms with E-state index in [1.165, 1.54) is 11.3 Å². The van der Waals surface area contributed by atoms with E-state index in [0.29, 0.717) is 40.6 Å². The number of fused-ring (bicyclic) bond motifs is 3. The van der Waals surface area contributed by atoms with Crippen LogP contribution in [0.5, 0.6) is 11.5 Å². The summed E-state index contributed by atoms with van der Waals surface area (Å²) in [5.41, 5.74) is 1.99. The van der Waals surface area contributed by atoms with Gasteiger partial charge in [-0.05, 0) is 61.9 Å². The normalized spacial score (nSPS) is 15.0. The maximum atomic E-state index is 13.8. The summed E-state index contributed by atoms with van der Waals surface area (Å²) in [5, 5.41) is 0.921. The molecule has 180 valence electrons. The number of carbonyl (C=O) groups is 1. The van der Waals surface area contributed by atoms with Crippen LogP contribution < -0.4 is 19.8 Å². The molecule has 0 radical (unpaired) electrons. The molecule has 2 aromatic heterocycles. The van der Waals surface area contributed by atoms with Crippen molar-refractivity contribution in [2.24, 2.45) is 0 Å². The Morgan fingerprint density at radius 3 is 2.44 bits per heavy atom. The van der Waals surface area contributed by atoms with E-state index in [4.69, 9.17) is 18.9 Å². The first-order valence-corrected chi connectivity index (χ1v) is 12.6. The van der Waals surface area contributed by atoms with E-state index in [1.807, 2.05) is 56.3 Å². The second-order valence-corrected chi connectivity index (χ2v) is 9.32. The quantitative estimate of drug-likeness (QED) is 0.288. The van der Waals surface area contributed by atoms with Crippen LogP contribution in [-0.4, -0.2) is 24.1 Å². The topological polar surface area (TPSA) is 81.9 Å². The van der Waals surface area contributed by atoms with Gasteiger partial charge in [0.1, 0.15) is 17.1 Å². The summed E-state index contributed by atoms with van der Waals surface area (Å²) in [7, 11) is 0. The van der Waals surface area contributed by atoms with E-state index in [1.54, 1.807) is 29.2 Å². The van der Waals surface area contributed by atoms with Crippen molar-refractivity contribution >= 4 is 43.6 Å². The van der Waals surface area contributed by atoms with Crippen molar-refractivity contribution in [1.29, 1.82) is 0 Å². The van der Waals surface area contributed by atoms with E-state index in [2.05, 4.69) is 0 Å². The Hall–Kier alpha value is -4.17. The van der Waals surface area contributed by atoms with Crippen LogP contribution in [0.2, 0.25) is 0 Å². The van der Waals surface area contributed by atoms with Gasteiger partial charge in [-0.2, -0.15) is 0 Å². The lowest BCUT2D eigenvalue weighted by Gasteiger charge is -2.22. The van der Waals surface area contributed by atoms with Crippen LogP contribution in [-0.2, 0) is 0 Å². The molecular formula is C28H22N2O5S. The van der Waals surface area contributed by atoms with Crippen molar-refractivity contribution in [2.45, 2.75) is 19.9 Å². The molecule has 0 fully saturated rings. The highest BCUT2D eigenvalue weighted by molar-refractivity contribution is 7.22. The lowest BCUT2D eigenvalue weighted by Crippen LogP contribution is -2.29. The monoisotopic (exact) mass is 498 g/mol. The average Bonchev–Trinajstić information content (AvgIpc) is 3.43. The molecule has 5 aromatic rings. The van der Waals surface area contributed by atoms with Crippen LogP contribution >= 0.6 is 11.3 Å². The number of ether oxygens (including phenoxy) is 2. The third-order valence-corrected chi connectivity index (χ3v) is 7.17. The maximum Gasteiger partial charge on any atom is 0.297 e. The number of para-hydroxylation sites is 1. The Bertz CT molecular complexity index is 1670. The van der Waals surface area contributed by atoms with Crippen LogP contribution in [0, 0.1) is 0 Å². The summed E-state index contributed by atoms with van der Waals surface area (Å²) in [6.45, 7) is 4.94. The second kappa shape index (κ2) is 8.80. The summed E-state index contributed by atoms with van der Waals surface area (Å²) in [6.07, 6.45) is 0. The number of benzene rings is 3. The fourth-order valence-electron chi connectivity index (χ4n) is 4.60. The van der Waals surface area contributed by atoms with Crippen molar-refractivity contribution in [3.63, 3.8) is 0 Å². The van der Waals surface area contributed by atoms with Gasteiger partial charge in [-0.25, -0.2) is 4.98 Å². The Kier molecular flexibility index (Phi) is 5.45. The SMILES string of the molecule is CCOc1ccc(C2c3c(oc4ccccc4c3=O)C(=O)N2c2nc3ccc(OCC)cc3s2)cc1. The minimum atomic E-state index is -0.684. The molecule has 1 amide bonds. The lowest BCUT2D eigenvalue weighted by molar-refractivity contribution is 0.0971. The van der Waals surface area contributed by atoms with Crippen LogP contribution in [0.1, 0.15) is 41.6 Å². The van der Waals surface area contributed by atoms with Gasteiger partial charge in [0.05, 0.1) is 40.4 Å². The number of nitrogens with zero attached hydrogens (tertiary/aromatic N) is 2. The minimum absolute atomic E-state index is 0.0480. The molecule has 1 atom stereocenters. The lowest BCUT2D eigenvalue weighted by atomic mass is 9.98. The van der Waals surface area contributed by atoms with Crippen LogP contribution in [0.4, 0.5) is 5.13 Å². The predicted molar refractivity (Wildman–Crippen MR) is 140 cm³/mol. The molecule has 0 spiro atoms. The van der Waals surface area contributed by atoms with E-state index in [-0.39, 0.29) is 11.2 Å². The average molecular weight is 499 g/mol. The molecule has 3 heterocycles. The smallest absolute Gasteiger partial charge is 0.297 e. The number of rotatable bonds is 6. The molecule has 0 saturated carbocycles. The van der Waals surface area contributed by atoms with Crippen molar-refractivity contribution < 1.29 is 18.7 Å². The van der Waals surface area contributed by atoms with E-state index >= 15 is 0 Å². The zero-order valence-corrected chi connectivity index (χ0v) is 20.5. The van der Waals surface area contributed by atoms with Gasteiger partial charge in [-0.3, -0.25) is 14.5 Å². The summed E-state index contributed by atoms with van der Waals surface area (Å²) < 4.78 is 18.1. The largest absolute Gasteiger partial charge is 0.494 e. The van der Waals surface area contributed by atoms with Crippen molar-refractivity contribution in [1.82, 2.24) is 4.98 Å². The van der Waals surface area contributed by atoms with Gasteiger partial charge in [0.2, 0.25) is 5.76 Å². The third kappa shape index (κ3) is 3.53. The Morgan fingerprint density at radius 1 is 0.944 bits per heavy atom. The zero-order valence-electron chi connectivity index (χ0n) is 19.7. The first-order chi connectivity index (χ1) is 17.6. The van der Waals surface area contributed by atoms with E-state index in [9.17, 15) is 9.59 Å². The number of hydrogen-bond acceptors (Lipinski definition) is 7. The van der Waals surface area contributed by atoms with Crippen LogP contribution in [0.25, 0.3) is 21.2 Å². The zero-order chi connectivity index (χ0) is 24.8. The summed E-state index contributed by atoms with van der Waals surface area (Å²) >= 11 is 1.37. The number of aromatic nitrogens is 1. The maximum absolute atomic E-state index is 13.8. The fraction of sp³-hybridized carbons (Fsp3) is 0.179. The Morgan fingerprint density at radius 2 is 1.67 bits per heavy atom. The molecule has 0 aliphatic carbocycles. The van der Waals surface area contributed by atoms with Gasteiger partial charge >= 0.3 is 0 Å². The number of carbonyl (C=O) groups excluding carboxylic acids is 1. The fourth-order valence-corrected chi connectivity index (χ4v) is 5.62. The molecule has 1 unspecified atom stereocenters. The van der Waals surface area contributed by atoms with Gasteiger partial charge in [0.15, 0.2) is 10.6 Å². The first kappa shape index (κ1) is 22.3. The summed E-state index contributed by atoms with van der Waals surface area (Å²) in [6, 6.07) is 19.4. The highest BCUT2D eigenvalue weighted by atomic mass is 32.1. The standard InChI is InChI=1S/C28H22N2O5S/c1-3-33-17-11-9-16(10-12-17)24-23-25(31)19-7-5-6-8-21(19)35-26(23)27(32)30(24)28-29-20-14-13-18(34-4-2)15-22(20)36-28/h5-15,24H,3-4H2,1-2H3.